The van der Waals surface area contributed by atoms with Crippen molar-refractivity contribution in [2.24, 2.45) is 0 Å². The topological polar surface area (TPSA) is 200 Å². The molecule has 2 aromatic carbocycles. The summed E-state index contributed by atoms with van der Waals surface area (Å²) in [5.41, 5.74) is 2.21. The van der Waals surface area contributed by atoms with Crippen molar-refractivity contribution < 1.29 is 46.9 Å². The van der Waals surface area contributed by atoms with Crippen LogP contribution in [-0.2, 0) is 53.0 Å². The molecule has 1 saturated heterocycles. The number of halogens is 3. The highest BCUT2D eigenvalue weighted by Crippen LogP contribution is 2.32. The zero-order valence-electron chi connectivity index (χ0n) is 30.6. The van der Waals surface area contributed by atoms with Crippen LogP contribution in [0.4, 0.5) is 31.9 Å². The Balaban J connectivity index is 0.781. The molecule has 6 rings (SSSR count). The van der Waals surface area contributed by atoms with E-state index in [1.165, 1.54) is 11.1 Å². The molecule has 57 heavy (non-hydrogen) atoms. The van der Waals surface area contributed by atoms with E-state index in [1.54, 1.807) is 35.3 Å². The number of rotatable bonds is 21. The Morgan fingerprint density at radius 3 is 2.49 bits per heavy atom. The average Bonchev–Trinajstić information content (AvgIpc) is 3.78. The number of anilines is 4. The fourth-order valence-electron chi connectivity index (χ4n) is 5.96. The maximum Gasteiger partial charge on any atom is 0.255 e. The molecule has 0 saturated carbocycles. The highest BCUT2D eigenvalue weighted by Gasteiger charge is 2.40. The molecule has 4 heterocycles. The van der Waals surface area contributed by atoms with Gasteiger partial charge in [0.2, 0.25) is 23.7 Å². The second-order valence-electron chi connectivity index (χ2n) is 12.8. The lowest BCUT2D eigenvalue weighted by Gasteiger charge is -2.29. The van der Waals surface area contributed by atoms with Gasteiger partial charge in [0, 0.05) is 48.1 Å². The number of piperidine rings is 1. The predicted molar refractivity (Wildman–Crippen MR) is 201 cm³/mol. The first-order valence-corrected chi connectivity index (χ1v) is 18.4. The van der Waals surface area contributed by atoms with Crippen LogP contribution in [0.2, 0.25) is 5.02 Å². The predicted octanol–water partition coefficient (Wildman–Crippen LogP) is 3.43. The molecule has 1 fully saturated rings. The SMILES string of the molecule is O=C1CCC(N2Cc3c(NC(=O)COCCOCCOCCOCCn4cc(Nc5ncc(Cl)c(NCc6cc(F)ccc6F)n5)cn4)cccc3C2=O)C(=O)N1. The smallest absolute Gasteiger partial charge is 0.255 e. The van der Waals surface area contributed by atoms with Crippen LogP contribution >= 0.6 is 11.6 Å². The van der Waals surface area contributed by atoms with E-state index in [0.29, 0.717) is 62.1 Å². The van der Waals surface area contributed by atoms with E-state index in [9.17, 15) is 28.0 Å². The van der Waals surface area contributed by atoms with Crippen LogP contribution in [0.3, 0.4) is 0 Å². The van der Waals surface area contributed by atoms with Gasteiger partial charge in [-0.25, -0.2) is 13.8 Å². The third-order valence-corrected chi connectivity index (χ3v) is 9.03. The van der Waals surface area contributed by atoms with Gasteiger partial charge in [-0.2, -0.15) is 10.1 Å². The molecule has 302 valence electrons. The molecule has 2 aromatic heterocycles. The number of amides is 4. The Bertz CT molecular complexity index is 2070. The van der Waals surface area contributed by atoms with Gasteiger partial charge < -0.3 is 39.8 Å². The molecule has 2 aliphatic heterocycles. The summed E-state index contributed by atoms with van der Waals surface area (Å²) in [6.07, 6.45) is 5.14. The summed E-state index contributed by atoms with van der Waals surface area (Å²) in [5.74, 6) is -2.22. The van der Waals surface area contributed by atoms with Crippen molar-refractivity contribution in [3.05, 3.63) is 88.3 Å². The highest BCUT2D eigenvalue weighted by atomic mass is 35.5. The molecule has 4 aromatic rings. The molecular formula is C37H40ClF2N9O8. The minimum Gasteiger partial charge on any atom is -0.377 e. The minimum atomic E-state index is -0.746. The first kappa shape index (κ1) is 41.0. The van der Waals surface area contributed by atoms with Crippen molar-refractivity contribution in [2.75, 3.05) is 68.8 Å². The van der Waals surface area contributed by atoms with E-state index in [0.717, 1.165) is 18.2 Å². The number of carbonyl (C=O) groups excluding carboxylic acids is 4. The normalized spacial score (nSPS) is 15.1. The summed E-state index contributed by atoms with van der Waals surface area (Å²) in [7, 11) is 0. The molecule has 17 nitrogen and oxygen atoms in total. The highest BCUT2D eigenvalue weighted by molar-refractivity contribution is 6.32. The lowest BCUT2D eigenvalue weighted by molar-refractivity contribution is -0.137. The largest absolute Gasteiger partial charge is 0.377 e. The van der Waals surface area contributed by atoms with Crippen molar-refractivity contribution in [3.63, 3.8) is 0 Å². The number of aromatic nitrogens is 4. The summed E-state index contributed by atoms with van der Waals surface area (Å²) in [6, 6.07) is 7.43. The first-order valence-electron chi connectivity index (χ1n) is 18.0. The van der Waals surface area contributed by atoms with Crippen LogP contribution in [0.1, 0.15) is 34.3 Å². The van der Waals surface area contributed by atoms with Gasteiger partial charge in [-0.15, -0.1) is 0 Å². The van der Waals surface area contributed by atoms with E-state index >= 15 is 0 Å². The number of imide groups is 1. The lowest BCUT2D eigenvalue weighted by Crippen LogP contribution is -2.52. The number of fused-ring (bicyclic) bond motifs is 1. The van der Waals surface area contributed by atoms with Crippen molar-refractivity contribution in [2.45, 2.75) is 38.5 Å². The molecule has 1 unspecified atom stereocenters. The van der Waals surface area contributed by atoms with Gasteiger partial charge in [-0.3, -0.25) is 29.2 Å². The number of hydrogen-bond donors (Lipinski definition) is 4. The number of ether oxygens (including phenoxy) is 4. The van der Waals surface area contributed by atoms with Gasteiger partial charge in [0.25, 0.3) is 5.91 Å². The van der Waals surface area contributed by atoms with E-state index in [1.807, 2.05) is 0 Å². The van der Waals surface area contributed by atoms with Gasteiger partial charge in [0.15, 0.2) is 5.82 Å². The fraction of sp³-hybridized carbons (Fsp3) is 0.378. The van der Waals surface area contributed by atoms with E-state index < -0.39 is 29.5 Å². The monoisotopic (exact) mass is 811 g/mol. The second kappa shape index (κ2) is 20.0. The second-order valence-corrected chi connectivity index (χ2v) is 13.2. The first-order chi connectivity index (χ1) is 27.6. The summed E-state index contributed by atoms with van der Waals surface area (Å²) in [6.45, 7) is 2.60. The Kier molecular flexibility index (Phi) is 14.4. The van der Waals surface area contributed by atoms with Gasteiger partial charge in [-0.05, 0) is 36.8 Å². The molecule has 0 radical (unpaired) electrons. The maximum atomic E-state index is 14.0. The van der Waals surface area contributed by atoms with Crippen LogP contribution in [0.25, 0.3) is 0 Å². The zero-order valence-corrected chi connectivity index (χ0v) is 31.4. The van der Waals surface area contributed by atoms with Crippen LogP contribution < -0.4 is 21.3 Å². The molecular weight excluding hydrogens is 772 g/mol. The third kappa shape index (κ3) is 11.5. The standard InChI is InChI=1S/C37H40ClF2N9O8/c38-28-19-42-37(47-34(28)41-17-23-16-24(39)4-5-29(23)40)44-25-18-43-48(20-25)8-9-54-10-11-55-12-13-56-14-15-57-22-33(51)45-30-3-1-2-26-27(30)21-49(36(26)53)31-6-7-32(50)46-35(31)52/h1-5,16,18-20,31H,6-15,17,21-22H2,(H,45,51)(H,46,50,52)(H2,41,42,44,47). The molecule has 20 heteroatoms. The summed E-state index contributed by atoms with van der Waals surface area (Å²) >= 11 is 6.18. The zero-order chi connectivity index (χ0) is 40.1. The molecule has 0 spiro atoms. The van der Waals surface area contributed by atoms with Crippen LogP contribution in [0.15, 0.2) is 55.0 Å². The molecule has 1 atom stereocenters. The summed E-state index contributed by atoms with van der Waals surface area (Å²) in [5, 5.41) is 15.5. The lowest BCUT2D eigenvalue weighted by atomic mass is 10.0. The van der Waals surface area contributed by atoms with E-state index in [4.69, 9.17) is 30.5 Å². The van der Waals surface area contributed by atoms with Crippen LogP contribution in [0.5, 0.6) is 0 Å². The molecule has 0 bridgehead atoms. The quantitative estimate of drug-likeness (QED) is 0.0706. The maximum absolute atomic E-state index is 14.0. The Morgan fingerprint density at radius 2 is 1.72 bits per heavy atom. The van der Waals surface area contributed by atoms with Crippen molar-refractivity contribution in [1.29, 1.82) is 0 Å². The number of carbonyl (C=O) groups is 4. The van der Waals surface area contributed by atoms with E-state index in [2.05, 4.69) is 36.3 Å². The van der Waals surface area contributed by atoms with Crippen molar-refractivity contribution >= 4 is 58.4 Å². The average molecular weight is 812 g/mol. The third-order valence-electron chi connectivity index (χ3n) is 8.76. The van der Waals surface area contributed by atoms with E-state index in [-0.39, 0.29) is 79.9 Å². The van der Waals surface area contributed by atoms with Gasteiger partial charge in [-0.1, -0.05) is 17.7 Å². The van der Waals surface area contributed by atoms with Crippen LogP contribution in [-0.4, -0.2) is 107 Å². The van der Waals surface area contributed by atoms with Crippen molar-refractivity contribution in [1.82, 2.24) is 30.0 Å². The fourth-order valence-corrected chi connectivity index (χ4v) is 6.12. The van der Waals surface area contributed by atoms with Gasteiger partial charge >= 0.3 is 0 Å². The van der Waals surface area contributed by atoms with Crippen molar-refractivity contribution in [3.8, 4) is 0 Å². The molecule has 0 aliphatic carbocycles. The Labute approximate surface area is 330 Å². The van der Waals surface area contributed by atoms with Crippen LogP contribution in [0, 0.1) is 11.6 Å². The van der Waals surface area contributed by atoms with Gasteiger partial charge in [0.05, 0.1) is 70.9 Å². The summed E-state index contributed by atoms with van der Waals surface area (Å²) < 4.78 is 51.2. The Morgan fingerprint density at radius 1 is 0.965 bits per heavy atom. The molecule has 2 aliphatic rings. The molecule has 4 N–H and O–H groups in total. The minimum absolute atomic E-state index is 0.0279. The molecule has 4 amide bonds. The number of hydrogen-bond acceptors (Lipinski definition) is 13. The Hall–Kier alpha value is -5.60. The summed E-state index contributed by atoms with van der Waals surface area (Å²) in [4.78, 5) is 59.3. The number of nitrogens with zero attached hydrogens (tertiary/aromatic N) is 5. The van der Waals surface area contributed by atoms with Gasteiger partial charge in [0.1, 0.15) is 29.3 Å². The number of nitrogens with one attached hydrogen (secondary N) is 4. The number of benzene rings is 2.